The number of carbonyl (C=O) groups is 1. The quantitative estimate of drug-likeness (QED) is 0.869. The van der Waals surface area contributed by atoms with Crippen LogP contribution >= 0.6 is 0 Å². The van der Waals surface area contributed by atoms with E-state index in [0.29, 0.717) is 36.8 Å². The second kappa shape index (κ2) is 7.59. The first-order valence-electron chi connectivity index (χ1n) is 8.84. The van der Waals surface area contributed by atoms with Gasteiger partial charge in [-0.1, -0.05) is 6.92 Å². The molecule has 1 amide bonds. The molecule has 26 heavy (non-hydrogen) atoms. The fourth-order valence-electron chi connectivity index (χ4n) is 2.94. The summed E-state index contributed by atoms with van der Waals surface area (Å²) < 4.78 is 28.6. The molecular weight excluding hydrogens is 352 g/mol. The van der Waals surface area contributed by atoms with Crippen LogP contribution in [0.1, 0.15) is 37.0 Å². The summed E-state index contributed by atoms with van der Waals surface area (Å²) in [5.41, 5.74) is 1.01. The second-order valence-corrected chi connectivity index (χ2v) is 8.59. The Morgan fingerprint density at radius 2 is 1.88 bits per heavy atom. The Labute approximate surface area is 154 Å². The highest BCUT2D eigenvalue weighted by molar-refractivity contribution is 7.89. The lowest BCUT2D eigenvalue weighted by atomic mass is 10.0. The Kier molecular flexibility index (Phi) is 5.43. The summed E-state index contributed by atoms with van der Waals surface area (Å²) in [4.78, 5) is 12.5. The number of benzene rings is 1. The first kappa shape index (κ1) is 18.6. The van der Waals surface area contributed by atoms with E-state index in [1.807, 2.05) is 6.92 Å². The molecule has 1 aliphatic heterocycles. The third-order valence-corrected chi connectivity index (χ3v) is 6.62. The maximum atomic E-state index is 12.7. The third kappa shape index (κ3) is 3.96. The molecule has 1 aliphatic rings. The summed E-state index contributed by atoms with van der Waals surface area (Å²) in [6.07, 6.45) is 4.96. The molecule has 0 aliphatic carbocycles. The van der Waals surface area contributed by atoms with Crippen molar-refractivity contribution in [3.63, 3.8) is 0 Å². The predicted octanol–water partition coefficient (Wildman–Crippen LogP) is 2.58. The molecule has 3 rings (SSSR count). The molecule has 0 radical (unpaired) electrons. The zero-order valence-electron chi connectivity index (χ0n) is 15.1. The lowest BCUT2D eigenvalue weighted by Crippen LogP contribution is -2.37. The summed E-state index contributed by atoms with van der Waals surface area (Å²) in [5.74, 6) is 0.293. The van der Waals surface area contributed by atoms with Crippen LogP contribution in [0.4, 0.5) is 5.69 Å². The molecule has 2 heterocycles. The Hall–Kier alpha value is -2.19. The van der Waals surface area contributed by atoms with Gasteiger partial charge >= 0.3 is 0 Å². The van der Waals surface area contributed by atoms with Crippen LogP contribution in [0, 0.1) is 5.92 Å². The van der Waals surface area contributed by atoms with Crippen molar-refractivity contribution >= 4 is 21.6 Å². The van der Waals surface area contributed by atoms with Gasteiger partial charge in [0.2, 0.25) is 10.0 Å². The molecule has 0 bridgehead atoms. The predicted molar refractivity (Wildman–Crippen MR) is 99.5 cm³/mol. The highest BCUT2D eigenvalue weighted by atomic mass is 32.2. The third-order valence-electron chi connectivity index (χ3n) is 4.71. The molecule has 8 heteroatoms. The summed E-state index contributed by atoms with van der Waals surface area (Å²) in [5, 5.41) is 6.83. The minimum atomic E-state index is -3.48. The number of carbonyl (C=O) groups excluding carboxylic acids is 1. The molecule has 0 saturated carbocycles. The number of piperidine rings is 1. The van der Waals surface area contributed by atoms with Gasteiger partial charge in [0.25, 0.3) is 5.91 Å². The molecule has 1 fully saturated rings. The van der Waals surface area contributed by atoms with E-state index in [-0.39, 0.29) is 10.8 Å². The van der Waals surface area contributed by atoms with Crippen molar-refractivity contribution < 1.29 is 13.2 Å². The lowest BCUT2D eigenvalue weighted by molar-refractivity contribution is 0.102. The maximum Gasteiger partial charge on any atom is 0.258 e. The topological polar surface area (TPSA) is 84.3 Å². The summed E-state index contributed by atoms with van der Waals surface area (Å²) >= 11 is 0. The van der Waals surface area contributed by atoms with E-state index in [0.717, 1.165) is 12.8 Å². The molecule has 1 N–H and O–H groups in total. The molecule has 0 atom stereocenters. The molecule has 1 aromatic carbocycles. The number of hydrogen-bond acceptors (Lipinski definition) is 4. The van der Waals surface area contributed by atoms with Gasteiger partial charge < -0.3 is 5.32 Å². The van der Waals surface area contributed by atoms with E-state index in [4.69, 9.17) is 0 Å². The van der Waals surface area contributed by atoms with Gasteiger partial charge in [-0.15, -0.1) is 0 Å². The van der Waals surface area contributed by atoms with Gasteiger partial charge in [0.15, 0.2) is 0 Å². The zero-order valence-corrected chi connectivity index (χ0v) is 15.9. The van der Waals surface area contributed by atoms with Gasteiger partial charge in [0.05, 0.1) is 16.7 Å². The highest BCUT2D eigenvalue weighted by Crippen LogP contribution is 2.24. The number of aromatic nitrogens is 2. The molecule has 1 aromatic heterocycles. The van der Waals surface area contributed by atoms with Gasteiger partial charge in [0.1, 0.15) is 0 Å². The summed E-state index contributed by atoms with van der Waals surface area (Å²) in [6, 6.07) is 6.31. The molecule has 7 nitrogen and oxygen atoms in total. The van der Waals surface area contributed by atoms with Crippen LogP contribution in [0.5, 0.6) is 0 Å². The van der Waals surface area contributed by atoms with E-state index < -0.39 is 10.0 Å². The highest BCUT2D eigenvalue weighted by Gasteiger charge is 2.27. The van der Waals surface area contributed by atoms with Gasteiger partial charge in [-0.2, -0.15) is 9.40 Å². The maximum absolute atomic E-state index is 12.7. The van der Waals surface area contributed by atoms with Crippen molar-refractivity contribution in [3.8, 4) is 0 Å². The number of hydrogen-bond donors (Lipinski definition) is 1. The van der Waals surface area contributed by atoms with E-state index in [1.165, 1.54) is 6.20 Å². The molecule has 0 spiro atoms. The van der Waals surface area contributed by atoms with Crippen molar-refractivity contribution in [1.29, 1.82) is 0 Å². The van der Waals surface area contributed by atoms with Crippen LogP contribution in [-0.4, -0.2) is 41.5 Å². The summed E-state index contributed by atoms with van der Waals surface area (Å²) in [7, 11) is -3.48. The Morgan fingerprint density at radius 3 is 2.46 bits per heavy atom. The number of nitrogens with one attached hydrogen (secondary N) is 1. The van der Waals surface area contributed by atoms with Crippen LogP contribution < -0.4 is 5.32 Å². The van der Waals surface area contributed by atoms with E-state index in [9.17, 15) is 13.2 Å². The van der Waals surface area contributed by atoms with Gasteiger partial charge in [-0.25, -0.2) is 8.42 Å². The second-order valence-electron chi connectivity index (χ2n) is 6.65. The molecule has 140 valence electrons. The van der Waals surface area contributed by atoms with Crippen molar-refractivity contribution in [1.82, 2.24) is 14.1 Å². The first-order valence-corrected chi connectivity index (χ1v) is 10.3. The van der Waals surface area contributed by atoms with Crippen molar-refractivity contribution in [2.45, 2.75) is 38.1 Å². The normalized spacial score (nSPS) is 16.5. The zero-order chi connectivity index (χ0) is 18.7. The minimum Gasteiger partial charge on any atom is -0.322 e. The van der Waals surface area contributed by atoms with E-state index in [2.05, 4.69) is 17.3 Å². The lowest BCUT2D eigenvalue weighted by Gasteiger charge is -2.29. The smallest absolute Gasteiger partial charge is 0.258 e. The minimum absolute atomic E-state index is 0.254. The number of anilines is 1. The molecule has 2 aromatic rings. The Balaban J connectivity index is 1.69. The van der Waals surface area contributed by atoms with Crippen LogP contribution in [-0.2, 0) is 16.6 Å². The number of aryl methyl sites for hydroxylation is 1. The summed E-state index contributed by atoms with van der Waals surface area (Å²) in [6.45, 7) is 5.89. The average molecular weight is 376 g/mol. The van der Waals surface area contributed by atoms with Gasteiger partial charge in [-0.3, -0.25) is 9.48 Å². The van der Waals surface area contributed by atoms with E-state index >= 15 is 0 Å². The standard InChI is InChI=1S/C18H24N4O3S/c1-3-21-13-15(12-19-21)18(23)20-16-4-6-17(7-5-16)26(24,25)22-10-8-14(2)9-11-22/h4-7,12-14H,3,8-11H2,1-2H3,(H,20,23). The van der Waals surface area contributed by atoms with Crippen LogP contribution in [0.3, 0.4) is 0 Å². The number of sulfonamides is 1. The fraction of sp³-hybridized carbons (Fsp3) is 0.444. The Bertz CT molecular complexity index is 866. The number of amides is 1. The number of nitrogens with zero attached hydrogens (tertiary/aromatic N) is 3. The monoisotopic (exact) mass is 376 g/mol. The molecule has 1 saturated heterocycles. The van der Waals surface area contributed by atoms with Crippen LogP contribution in [0.25, 0.3) is 0 Å². The largest absolute Gasteiger partial charge is 0.322 e. The van der Waals surface area contributed by atoms with Crippen molar-refractivity contribution in [2.24, 2.45) is 5.92 Å². The van der Waals surface area contributed by atoms with E-state index in [1.54, 1.807) is 39.4 Å². The Morgan fingerprint density at radius 1 is 1.23 bits per heavy atom. The van der Waals surface area contributed by atoms with Gasteiger partial charge in [0, 0.05) is 31.5 Å². The van der Waals surface area contributed by atoms with Gasteiger partial charge in [-0.05, 0) is 49.9 Å². The molecule has 0 unspecified atom stereocenters. The van der Waals surface area contributed by atoms with Crippen LogP contribution in [0.2, 0.25) is 0 Å². The van der Waals surface area contributed by atoms with Crippen LogP contribution in [0.15, 0.2) is 41.6 Å². The van der Waals surface area contributed by atoms with Crippen molar-refractivity contribution in [2.75, 3.05) is 18.4 Å². The SMILES string of the molecule is CCn1cc(C(=O)Nc2ccc(S(=O)(=O)N3CCC(C)CC3)cc2)cn1. The first-order chi connectivity index (χ1) is 12.4. The van der Waals surface area contributed by atoms with Crippen molar-refractivity contribution in [3.05, 3.63) is 42.2 Å². The fourth-order valence-corrected chi connectivity index (χ4v) is 4.41. The average Bonchev–Trinajstić information content (AvgIpc) is 3.12. The number of rotatable bonds is 5. The molecular formula is C18H24N4O3S.